The van der Waals surface area contributed by atoms with Crippen molar-refractivity contribution in [2.75, 3.05) is 19.6 Å². The molecule has 7 nitrogen and oxygen atoms in total. The monoisotopic (exact) mass is 458 g/mol. The number of fused-ring (bicyclic) bond motifs is 1. The molecule has 2 aromatic carbocycles. The van der Waals surface area contributed by atoms with Gasteiger partial charge >= 0.3 is 11.3 Å². The molecular weight excluding hydrogens is 432 g/mol. The van der Waals surface area contributed by atoms with E-state index in [1.54, 1.807) is 22.8 Å². The van der Waals surface area contributed by atoms with Gasteiger partial charge in [0, 0.05) is 24.1 Å². The average Bonchev–Trinajstić information content (AvgIpc) is 2.86. The van der Waals surface area contributed by atoms with Gasteiger partial charge in [0.25, 0.3) is 5.56 Å². The molecule has 174 valence electrons. The molecule has 7 heteroatoms. The normalized spacial score (nSPS) is 14.5. The Morgan fingerprint density at radius 3 is 2.24 bits per heavy atom. The van der Waals surface area contributed by atoms with Crippen LogP contribution in [0.3, 0.4) is 0 Å². The summed E-state index contributed by atoms with van der Waals surface area (Å²) in [5.41, 5.74) is 0.00626. The van der Waals surface area contributed by atoms with Crippen LogP contribution in [0.4, 0.5) is 0 Å². The number of piperidine rings is 1. The smallest absolute Gasteiger partial charge is 0.337 e. The van der Waals surface area contributed by atoms with Gasteiger partial charge in [-0.1, -0.05) is 42.8 Å². The molecule has 1 aliphatic rings. The first-order valence-electron chi connectivity index (χ1n) is 11.7. The van der Waals surface area contributed by atoms with Crippen molar-refractivity contribution in [2.24, 2.45) is 0 Å². The van der Waals surface area contributed by atoms with Crippen molar-refractivity contribution in [2.45, 2.75) is 32.2 Å². The standard InChI is InChI=1S/C27H26N2O5/c30-22-13-14-23(31)34-27-24(19-9-3-1-4-10-19)25-20(11-7-12-21(25)33-22)26(32)29(27)18-8-17-28-15-5-2-6-16-28/h1,3-4,7,9-14H,2,5-6,8,15-18H2. The lowest BCUT2D eigenvalue weighted by atomic mass is 9.99. The van der Waals surface area contributed by atoms with E-state index in [4.69, 9.17) is 8.83 Å². The van der Waals surface area contributed by atoms with Gasteiger partial charge in [-0.25, -0.2) is 9.59 Å². The largest absolute Gasteiger partial charge is 0.423 e. The molecule has 0 radical (unpaired) electrons. The van der Waals surface area contributed by atoms with Crippen molar-refractivity contribution in [1.82, 2.24) is 9.47 Å². The topological polar surface area (TPSA) is 85.7 Å². The van der Waals surface area contributed by atoms with Crippen molar-refractivity contribution in [3.8, 4) is 11.1 Å². The number of benzene rings is 2. The molecule has 1 saturated heterocycles. The molecule has 5 rings (SSSR count). The van der Waals surface area contributed by atoms with Gasteiger partial charge < -0.3 is 13.7 Å². The Bertz CT molecular complexity index is 1530. The van der Waals surface area contributed by atoms with E-state index in [-0.39, 0.29) is 16.9 Å². The van der Waals surface area contributed by atoms with Crippen molar-refractivity contribution >= 4 is 22.1 Å². The maximum absolute atomic E-state index is 13.7. The quantitative estimate of drug-likeness (QED) is 0.446. The lowest BCUT2D eigenvalue weighted by molar-refractivity contribution is 0.222. The van der Waals surface area contributed by atoms with Crippen molar-refractivity contribution < 1.29 is 8.83 Å². The second-order valence-corrected chi connectivity index (χ2v) is 8.61. The molecule has 3 heterocycles. The van der Waals surface area contributed by atoms with E-state index in [2.05, 4.69) is 4.90 Å². The number of nitrogens with zero attached hydrogens (tertiary/aromatic N) is 2. The summed E-state index contributed by atoms with van der Waals surface area (Å²) in [5.74, 6) is 0. The van der Waals surface area contributed by atoms with Crippen molar-refractivity contribution in [1.29, 1.82) is 0 Å². The van der Waals surface area contributed by atoms with Crippen LogP contribution in [0.5, 0.6) is 0 Å². The number of hydrogen-bond donors (Lipinski definition) is 0. The molecule has 0 aliphatic carbocycles. The minimum absolute atomic E-state index is 0.169. The van der Waals surface area contributed by atoms with Crippen LogP contribution in [0, 0.1) is 0 Å². The van der Waals surface area contributed by atoms with Gasteiger partial charge in [0.1, 0.15) is 5.58 Å². The fraction of sp³-hybridized carbons (Fsp3) is 0.296. The highest BCUT2D eigenvalue weighted by molar-refractivity contribution is 6.09. The number of rotatable bonds is 5. The van der Waals surface area contributed by atoms with E-state index >= 15 is 0 Å². The molecule has 1 aliphatic heterocycles. The van der Waals surface area contributed by atoms with E-state index < -0.39 is 11.3 Å². The molecule has 0 N–H and O–H groups in total. The Hall–Kier alpha value is -3.71. The highest BCUT2D eigenvalue weighted by Gasteiger charge is 2.20. The third kappa shape index (κ3) is 4.39. The van der Waals surface area contributed by atoms with Crippen LogP contribution in [-0.4, -0.2) is 29.1 Å². The zero-order valence-corrected chi connectivity index (χ0v) is 18.9. The van der Waals surface area contributed by atoms with Crippen LogP contribution in [0.15, 0.2) is 83.9 Å². The van der Waals surface area contributed by atoms with Crippen molar-refractivity contribution in [3.63, 3.8) is 0 Å². The molecule has 4 aromatic rings. The summed E-state index contributed by atoms with van der Waals surface area (Å²) < 4.78 is 12.8. The van der Waals surface area contributed by atoms with Crippen LogP contribution in [-0.2, 0) is 6.54 Å². The van der Waals surface area contributed by atoms with Gasteiger partial charge in [0.15, 0.2) is 0 Å². The summed E-state index contributed by atoms with van der Waals surface area (Å²) in [6, 6.07) is 16.5. The number of hydrogen-bond acceptors (Lipinski definition) is 6. The first kappa shape index (κ1) is 22.1. The summed E-state index contributed by atoms with van der Waals surface area (Å²) in [7, 11) is 0. The Morgan fingerprint density at radius 2 is 1.47 bits per heavy atom. The maximum Gasteiger partial charge on any atom is 0.337 e. The number of likely N-dealkylation sites (tertiary alicyclic amines) is 1. The predicted octanol–water partition coefficient (Wildman–Crippen LogP) is 4.17. The van der Waals surface area contributed by atoms with Crippen LogP contribution in [0.1, 0.15) is 25.7 Å². The predicted molar refractivity (Wildman–Crippen MR) is 132 cm³/mol. The van der Waals surface area contributed by atoms with Crippen LogP contribution in [0.25, 0.3) is 33.2 Å². The highest BCUT2D eigenvalue weighted by Crippen LogP contribution is 2.33. The summed E-state index contributed by atoms with van der Waals surface area (Å²) in [5, 5.41) is 0.865. The first-order chi connectivity index (χ1) is 16.6. The second-order valence-electron chi connectivity index (χ2n) is 8.61. The minimum Gasteiger partial charge on any atom is -0.423 e. The molecule has 0 atom stereocenters. The molecule has 2 bridgehead atoms. The first-order valence-corrected chi connectivity index (χ1v) is 11.7. The van der Waals surface area contributed by atoms with E-state index in [1.165, 1.54) is 19.3 Å². The molecule has 2 aromatic heterocycles. The third-order valence-electron chi connectivity index (χ3n) is 6.34. The fourth-order valence-corrected chi connectivity index (χ4v) is 4.76. The SMILES string of the molecule is O=c1ccc(=O)oc2c(-c3ccccc3)c3c(cccc3c(=O)n2CCCN2CCCCC2)o1. The molecule has 34 heavy (non-hydrogen) atoms. The van der Waals surface area contributed by atoms with Crippen LogP contribution in [0.2, 0.25) is 0 Å². The summed E-state index contributed by atoms with van der Waals surface area (Å²) >= 11 is 0. The maximum atomic E-state index is 13.7. The van der Waals surface area contributed by atoms with E-state index in [1.807, 2.05) is 30.3 Å². The molecule has 0 unspecified atom stereocenters. The summed E-state index contributed by atoms with van der Waals surface area (Å²) in [6.07, 6.45) is 4.41. The van der Waals surface area contributed by atoms with Gasteiger partial charge in [-0.05, 0) is 56.6 Å². The van der Waals surface area contributed by atoms with E-state index in [0.29, 0.717) is 22.9 Å². The number of aromatic nitrogens is 1. The third-order valence-corrected chi connectivity index (χ3v) is 6.34. The Labute approximate surface area is 195 Å². The zero-order chi connectivity index (χ0) is 23.5. The summed E-state index contributed by atoms with van der Waals surface area (Å²) in [6.45, 7) is 3.42. The molecule has 1 fully saturated rings. The van der Waals surface area contributed by atoms with Gasteiger partial charge in [-0.15, -0.1) is 0 Å². The molecule has 0 amide bonds. The van der Waals surface area contributed by atoms with Crippen LogP contribution < -0.4 is 16.8 Å². The van der Waals surface area contributed by atoms with E-state index in [9.17, 15) is 14.4 Å². The number of aryl methyl sites for hydroxylation is 1. The average molecular weight is 459 g/mol. The molecule has 0 saturated carbocycles. The summed E-state index contributed by atoms with van der Waals surface area (Å²) in [4.78, 5) is 40.9. The van der Waals surface area contributed by atoms with Gasteiger partial charge in [0.05, 0.1) is 10.9 Å². The lowest BCUT2D eigenvalue weighted by Crippen LogP contribution is -2.32. The van der Waals surface area contributed by atoms with E-state index in [0.717, 1.165) is 43.8 Å². The van der Waals surface area contributed by atoms with Gasteiger partial charge in [-0.2, -0.15) is 0 Å². The Balaban J connectivity index is 1.80. The second kappa shape index (κ2) is 9.65. The number of pyridine rings is 1. The van der Waals surface area contributed by atoms with Crippen LogP contribution >= 0.6 is 0 Å². The fourth-order valence-electron chi connectivity index (χ4n) is 4.76. The lowest BCUT2D eigenvalue weighted by Gasteiger charge is -2.26. The molecular formula is C27H26N2O5. The highest BCUT2D eigenvalue weighted by atomic mass is 16.4. The molecule has 0 spiro atoms. The van der Waals surface area contributed by atoms with Gasteiger partial charge in [-0.3, -0.25) is 9.36 Å². The van der Waals surface area contributed by atoms with Crippen molar-refractivity contribution in [3.05, 3.63) is 91.9 Å². The Morgan fingerprint density at radius 1 is 0.735 bits per heavy atom. The Kier molecular flexibility index (Phi) is 6.27. The zero-order valence-electron chi connectivity index (χ0n) is 18.9. The van der Waals surface area contributed by atoms with Gasteiger partial charge in [0.2, 0.25) is 5.71 Å². The minimum atomic E-state index is -0.739.